The Labute approximate surface area is 154 Å². The van der Waals surface area contributed by atoms with Crippen LogP contribution in [0.15, 0.2) is 30.3 Å². The Kier molecular flexibility index (Phi) is 5.41. The first-order valence-electron chi connectivity index (χ1n) is 9.69. The number of rotatable bonds is 5. The lowest BCUT2D eigenvalue weighted by Crippen LogP contribution is -2.44. The van der Waals surface area contributed by atoms with Crippen molar-refractivity contribution in [3.8, 4) is 0 Å². The quantitative estimate of drug-likeness (QED) is 0.857. The van der Waals surface area contributed by atoms with Crippen molar-refractivity contribution in [2.75, 3.05) is 26.3 Å². The Balaban J connectivity index is 1.34. The number of ether oxygens (including phenoxy) is 1. The first kappa shape index (κ1) is 17.5. The summed E-state index contributed by atoms with van der Waals surface area (Å²) in [6.45, 7) is 4.43. The lowest BCUT2D eigenvalue weighted by Gasteiger charge is -2.43. The molecule has 25 heavy (non-hydrogen) atoms. The van der Waals surface area contributed by atoms with Crippen LogP contribution in [-0.4, -0.2) is 42.4 Å². The molecule has 2 aliphatic heterocycles. The largest absolute Gasteiger partial charge is 0.396 e. The van der Waals surface area contributed by atoms with E-state index >= 15 is 0 Å². The maximum Gasteiger partial charge on any atom is 0.0581 e. The van der Waals surface area contributed by atoms with Gasteiger partial charge < -0.3 is 9.84 Å². The molecule has 0 amide bonds. The van der Waals surface area contributed by atoms with Crippen molar-refractivity contribution in [3.63, 3.8) is 0 Å². The molecule has 1 aromatic carbocycles. The molecule has 2 aromatic rings. The molecule has 0 spiro atoms. The van der Waals surface area contributed by atoms with Crippen molar-refractivity contribution in [1.29, 1.82) is 0 Å². The summed E-state index contributed by atoms with van der Waals surface area (Å²) in [6.07, 6.45) is 7.25. The maximum atomic E-state index is 10.1. The molecule has 0 unspecified atom stereocenters. The number of hydrogen-bond donors (Lipinski definition) is 1. The monoisotopic (exact) mass is 359 g/mol. The second-order valence-corrected chi connectivity index (χ2v) is 9.05. The number of piperidine rings is 1. The molecule has 3 nitrogen and oxygen atoms in total. The van der Waals surface area contributed by atoms with Gasteiger partial charge in [0.1, 0.15) is 0 Å². The zero-order chi connectivity index (χ0) is 17.1. The highest BCUT2D eigenvalue weighted by Gasteiger charge is 2.37. The van der Waals surface area contributed by atoms with Gasteiger partial charge in [0.25, 0.3) is 0 Å². The van der Waals surface area contributed by atoms with Crippen LogP contribution in [0.4, 0.5) is 0 Å². The van der Waals surface area contributed by atoms with Gasteiger partial charge in [-0.1, -0.05) is 18.2 Å². The molecule has 0 bridgehead atoms. The molecular formula is C21H29NO2S. The Morgan fingerprint density at radius 1 is 1.20 bits per heavy atom. The van der Waals surface area contributed by atoms with E-state index < -0.39 is 0 Å². The third-order valence-electron chi connectivity index (χ3n) is 6.04. The predicted molar refractivity (Wildman–Crippen MR) is 104 cm³/mol. The highest BCUT2D eigenvalue weighted by atomic mass is 32.1. The van der Waals surface area contributed by atoms with Crippen LogP contribution in [0, 0.1) is 5.41 Å². The van der Waals surface area contributed by atoms with Crippen molar-refractivity contribution in [2.45, 2.75) is 51.2 Å². The van der Waals surface area contributed by atoms with E-state index in [4.69, 9.17) is 4.74 Å². The van der Waals surface area contributed by atoms with Gasteiger partial charge in [0, 0.05) is 29.3 Å². The van der Waals surface area contributed by atoms with Crippen LogP contribution in [-0.2, 0) is 11.3 Å². The van der Waals surface area contributed by atoms with Crippen molar-refractivity contribution >= 4 is 21.4 Å². The van der Waals surface area contributed by atoms with Crippen LogP contribution in [0.2, 0.25) is 0 Å². The van der Waals surface area contributed by atoms with Crippen LogP contribution in [0.1, 0.15) is 43.4 Å². The highest BCUT2D eigenvalue weighted by molar-refractivity contribution is 7.19. The highest BCUT2D eigenvalue weighted by Crippen LogP contribution is 2.39. The normalized spacial score (nSPS) is 24.6. The molecule has 2 saturated heterocycles. The summed E-state index contributed by atoms with van der Waals surface area (Å²) in [5, 5.41) is 11.4. The summed E-state index contributed by atoms with van der Waals surface area (Å²) in [5.41, 5.74) is 0.0820. The number of nitrogens with zero attached hydrogens (tertiary/aromatic N) is 1. The number of hydrogen-bond acceptors (Lipinski definition) is 4. The first-order chi connectivity index (χ1) is 12.3. The average molecular weight is 360 g/mol. The van der Waals surface area contributed by atoms with E-state index in [1.54, 1.807) is 0 Å². The minimum Gasteiger partial charge on any atom is -0.396 e. The van der Waals surface area contributed by atoms with E-state index in [-0.39, 0.29) is 5.41 Å². The summed E-state index contributed by atoms with van der Waals surface area (Å²) >= 11 is 1.91. The topological polar surface area (TPSA) is 32.7 Å². The molecule has 2 aliphatic rings. The molecular weight excluding hydrogens is 330 g/mol. The Bertz CT molecular complexity index is 651. The lowest BCUT2D eigenvalue weighted by molar-refractivity contribution is -0.0485. The van der Waals surface area contributed by atoms with Gasteiger partial charge in [0.15, 0.2) is 0 Å². The Hall–Kier alpha value is -0.940. The van der Waals surface area contributed by atoms with Crippen molar-refractivity contribution < 1.29 is 9.84 Å². The van der Waals surface area contributed by atoms with E-state index in [1.165, 1.54) is 34.2 Å². The van der Waals surface area contributed by atoms with Crippen molar-refractivity contribution in [2.24, 2.45) is 5.41 Å². The number of likely N-dealkylation sites (tertiary alicyclic amines) is 1. The smallest absolute Gasteiger partial charge is 0.0581 e. The SMILES string of the molecule is OCC1(C[C@@H]2CCCCO2)CCN(Cc2cc3ccccc3s2)CC1. The van der Waals surface area contributed by atoms with Crippen LogP contribution >= 0.6 is 11.3 Å². The van der Waals surface area contributed by atoms with Crippen LogP contribution in [0.3, 0.4) is 0 Å². The van der Waals surface area contributed by atoms with E-state index in [2.05, 4.69) is 35.2 Å². The molecule has 1 N–H and O–H groups in total. The van der Waals surface area contributed by atoms with Crippen molar-refractivity contribution in [3.05, 3.63) is 35.2 Å². The first-order valence-corrected chi connectivity index (χ1v) is 10.5. The average Bonchev–Trinajstić information content (AvgIpc) is 3.07. The van der Waals surface area contributed by atoms with Gasteiger partial charge in [-0.2, -0.15) is 0 Å². The number of aliphatic hydroxyl groups excluding tert-OH is 1. The lowest BCUT2D eigenvalue weighted by atomic mass is 9.74. The third-order valence-corrected chi connectivity index (χ3v) is 7.14. The molecule has 0 aliphatic carbocycles. The minimum absolute atomic E-state index is 0.0820. The zero-order valence-electron chi connectivity index (χ0n) is 15.0. The second-order valence-electron chi connectivity index (χ2n) is 7.88. The van der Waals surface area contributed by atoms with Gasteiger partial charge in [-0.05, 0) is 74.5 Å². The molecule has 4 heteroatoms. The molecule has 2 fully saturated rings. The van der Waals surface area contributed by atoms with Crippen molar-refractivity contribution in [1.82, 2.24) is 4.90 Å². The van der Waals surface area contributed by atoms with Gasteiger partial charge in [-0.3, -0.25) is 4.90 Å². The molecule has 0 radical (unpaired) electrons. The summed E-state index contributed by atoms with van der Waals surface area (Å²) in [7, 11) is 0. The van der Waals surface area contributed by atoms with Crippen LogP contribution in [0.5, 0.6) is 0 Å². The van der Waals surface area contributed by atoms with E-state index in [0.717, 1.165) is 45.5 Å². The third kappa shape index (κ3) is 4.08. The molecule has 1 aromatic heterocycles. The fourth-order valence-electron chi connectivity index (χ4n) is 4.40. The van der Waals surface area contributed by atoms with Gasteiger partial charge in [-0.15, -0.1) is 11.3 Å². The standard InChI is InChI=1S/C21H29NO2S/c23-16-21(14-18-6-3-4-12-24-18)8-10-22(11-9-21)15-19-13-17-5-1-2-7-20(17)25-19/h1-2,5,7,13,18,23H,3-4,6,8-12,14-16H2/t18-/m0/s1. The molecule has 136 valence electrons. The van der Waals surface area contributed by atoms with Gasteiger partial charge in [-0.25, -0.2) is 0 Å². The summed E-state index contributed by atoms with van der Waals surface area (Å²) in [5.74, 6) is 0. The number of thiophene rings is 1. The van der Waals surface area contributed by atoms with Crippen LogP contribution < -0.4 is 0 Å². The predicted octanol–water partition coefficient (Wildman–Crippen LogP) is 4.44. The molecule has 4 rings (SSSR count). The summed E-state index contributed by atoms with van der Waals surface area (Å²) in [4.78, 5) is 4.01. The number of fused-ring (bicyclic) bond motifs is 1. The van der Waals surface area contributed by atoms with Gasteiger partial charge in [0.2, 0.25) is 0 Å². The summed E-state index contributed by atoms with van der Waals surface area (Å²) < 4.78 is 7.32. The van der Waals surface area contributed by atoms with Gasteiger partial charge >= 0.3 is 0 Å². The van der Waals surface area contributed by atoms with E-state index in [9.17, 15) is 5.11 Å². The summed E-state index contributed by atoms with van der Waals surface area (Å²) in [6, 6.07) is 11.0. The maximum absolute atomic E-state index is 10.1. The fraction of sp³-hybridized carbons (Fsp3) is 0.619. The molecule has 3 heterocycles. The van der Waals surface area contributed by atoms with E-state index in [1.807, 2.05) is 11.3 Å². The Morgan fingerprint density at radius 2 is 2.04 bits per heavy atom. The molecule has 0 saturated carbocycles. The molecule has 1 atom stereocenters. The Morgan fingerprint density at radius 3 is 2.76 bits per heavy atom. The zero-order valence-corrected chi connectivity index (χ0v) is 15.8. The minimum atomic E-state index is 0.0820. The van der Waals surface area contributed by atoms with Crippen LogP contribution in [0.25, 0.3) is 10.1 Å². The van der Waals surface area contributed by atoms with E-state index in [0.29, 0.717) is 12.7 Å². The van der Waals surface area contributed by atoms with Gasteiger partial charge in [0.05, 0.1) is 6.10 Å². The number of aliphatic hydroxyl groups is 1. The fourth-order valence-corrected chi connectivity index (χ4v) is 5.51. The number of benzene rings is 1. The second kappa shape index (κ2) is 7.75.